The summed E-state index contributed by atoms with van der Waals surface area (Å²) in [6.07, 6.45) is 0.304. The van der Waals surface area contributed by atoms with Gasteiger partial charge in [-0.1, -0.05) is 44.2 Å². The van der Waals surface area contributed by atoms with E-state index in [4.69, 9.17) is 0 Å². The Bertz CT molecular complexity index is 502. The molecule has 5 nitrogen and oxygen atoms in total. The van der Waals surface area contributed by atoms with Gasteiger partial charge in [-0.2, -0.15) is 0 Å². The van der Waals surface area contributed by atoms with Gasteiger partial charge in [-0.3, -0.25) is 9.59 Å². The van der Waals surface area contributed by atoms with Crippen LogP contribution in [0.2, 0.25) is 0 Å². The van der Waals surface area contributed by atoms with Crippen molar-refractivity contribution in [3.8, 4) is 0 Å². The highest BCUT2D eigenvalue weighted by molar-refractivity contribution is 5.88. The third-order valence-electron chi connectivity index (χ3n) is 3.89. The quantitative estimate of drug-likeness (QED) is 0.848. The molecule has 2 amide bonds. The molecule has 0 bridgehead atoms. The molecule has 1 atom stereocenters. The van der Waals surface area contributed by atoms with Crippen molar-refractivity contribution in [1.82, 2.24) is 15.5 Å². The van der Waals surface area contributed by atoms with Gasteiger partial charge in [0.1, 0.15) is 6.04 Å². The molecular weight excluding hydrogens is 314 g/mol. The highest BCUT2D eigenvalue weighted by Crippen LogP contribution is 2.08. The van der Waals surface area contributed by atoms with Crippen molar-refractivity contribution in [2.45, 2.75) is 26.3 Å². The number of rotatable bonds is 5. The smallest absolute Gasteiger partial charge is 0.245 e. The Labute approximate surface area is 144 Å². The Morgan fingerprint density at radius 3 is 2.35 bits per heavy atom. The normalized spacial score (nSPS) is 15.7. The summed E-state index contributed by atoms with van der Waals surface area (Å²) in [6, 6.07) is 9.13. The van der Waals surface area contributed by atoms with Gasteiger partial charge in [0.25, 0.3) is 0 Å². The molecule has 1 aromatic carbocycles. The van der Waals surface area contributed by atoms with Crippen molar-refractivity contribution >= 4 is 24.2 Å². The summed E-state index contributed by atoms with van der Waals surface area (Å²) in [5.74, 6) is -0.00611. The Morgan fingerprint density at radius 1 is 1.17 bits per heavy atom. The molecule has 2 N–H and O–H groups in total. The summed E-state index contributed by atoms with van der Waals surface area (Å²) in [5.41, 5.74) is 0.956. The molecule has 1 saturated heterocycles. The van der Waals surface area contributed by atoms with E-state index in [1.54, 1.807) is 0 Å². The average Bonchev–Trinajstić information content (AvgIpc) is 2.53. The second kappa shape index (κ2) is 9.53. The number of halogens is 1. The zero-order valence-electron chi connectivity index (χ0n) is 13.7. The summed E-state index contributed by atoms with van der Waals surface area (Å²) in [4.78, 5) is 26.7. The first kappa shape index (κ1) is 19.5. The fourth-order valence-corrected chi connectivity index (χ4v) is 2.60. The maximum Gasteiger partial charge on any atom is 0.245 e. The number of hydrogen-bond donors (Lipinski definition) is 2. The van der Waals surface area contributed by atoms with E-state index < -0.39 is 6.04 Å². The van der Waals surface area contributed by atoms with Crippen LogP contribution in [-0.4, -0.2) is 48.9 Å². The topological polar surface area (TPSA) is 61.4 Å². The van der Waals surface area contributed by atoms with Gasteiger partial charge in [-0.25, -0.2) is 0 Å². The number of amides is 2. The summed E-state index contributed by atoms with van der Waals surface area (Å²) < 4.78 is 0. The average molecular weight is 340 g/mol. The fraction of sp³-hybridized carbons (Fsp3) is 0.529. The highest BCUT2D eigenvalue weighted by atomic mass is 35.5. The van der Waals surface area contributed by atoms with E-state index in [-0.39, 0.29) is 30.1 Å². The zero-order chi connectivity index (χ0) is 15.9. The van der Waals surface area contributed by atoms with Crippen LogP contribution in [0.25, 0.3) is 0 Å². The van der Waals surface area contributed by atoms with Crippen molar-refractivity contribution in [2.75, 3.05) is 26.2 Å². The Balaban J connectivity index is 0.00000264. The van der Waals surface area contributed by atoms with Gasteiger partial charge in [-0.05, 0) is 11.5 Å². The monoisotopic (exact) mass is 339 g/mol. The number of benzene rings is 1. The third kappa shape index (κ3) is 5.84. The van der Waals surface area contributed by atoms with E-state index in [1.165, 1.54) is 0 Å². The molecule has 1 aliphatic rings. The predicted molar refractivity (Wildman–Crippen MR) is 93.6 cm³/mol. The lowest BCUT2D eigenvalue weighted by atomic mass is 10.0. The molecule has 0 radical (unpaired) electrons. The molecule has 2 rings (SSSR count). The van der Waals surface area contributed by atoms with Crippen LogP contribution in [0.4, 0.5) is 0 Å². The van der Waals surface area contributed by atoms with Gasteiger partial charge in [-0.15, -0.1) is 12.4 Å². The van der Waals surface area contributed by atoms with E-state index in [9.17, 15) is 9.59 Å². The SMILES string of the molecule is CC(C)C(NC(=O)Cc1ccccc1)C(=O)N1CCNCC1.Cl. The minimum atomic E-state index is -0.450. The lowest BCUT2D eigenvalue weighted by Gasteiger charge is -2.32. The maximum absolute atomic E-state index is 12.6. The standard InChI is InChI=1S/C17H25N3O2.ClH/c1-13(2)16(17(22)20-10-8-18-9-11-20)19-15(21)12-14-6-4-3-5-7-14;/h3-7,13,16,18H,8-12H2,1-2H3,(H,19,21);1H. The van der Waals surface area contributed by atoms with Gasteiger partial charge in [0, 0.05) is 26.2 Å². The van der Waals surface area contributed by atoms with Gasteiger partial charge in [0.2, 0.25) is 11.8 Å². The molecule has 1 aromatic rings. The highest BCUT2D eigenvalue weighted by Gasteiger charge is 2.29. The van der Waals surface area contributed by atoms with Crippen LogP contribution in [0.5, 0.6) is 0 Å². The molecule has 0 aromatic heterocycles. The largest absolute Gasteiger partial charge is 0.344 e. The predicted octanol–water partition coefficient (Wildman–Crippen LogP) is 1.22. The van der Waals surface area contributed by atoms with Crippen molar-refractivity contribution in [3.63, 3.8) is 0 Å². The molecule has 1 heterocycles. The van der Waals surface area contributed by atoms with Crippen molar-refractivity contribution in [1.29, 1.82) is 0 Å². The Hall–Kier alpha value is -1.59. The lowest BCUT2D eigenvalue weighted by Crippen LogP contribution is -2.55. The first-order valence-electron chi connectivity index (χ1n) is 7.90. The van der Waals surface area contributed by atoms with Crippen LogP contribution in [0.15, 0.2) is 30.3 Å². The van der Waals surface area contributed by atoms with Gasteiger partial charge in [0.05, 0.1) is 6.42 Å². The van der Waals surface area contributed by atoms with Crippen LogP contribution in [0.1, 0.15) is 19.4 Å². The van der Waals surface area contributed by atoms with Crippen LogP contribution < -0.4 is 10.6 Å². The van der Waals surface area contributed by atoms with Crippen LogP contribution in [0, 0.1) is 5.92 Å². The van der Waals surface area contributed by atoms with Crippen LogP contribution >= 0.6 is 12.4 Å². The van der Waals surface area contributed by atoms with E-state index in [0.717, 1.165) is 18.7 Å². The molecule has 1 unspecified atom stereocenters. The van der Waals surface area contributed by atoms with Gasteiger partial charge < -0.3 is 15.5 Å². The fourth-order valence-electron chi connectivity index (χ4n) is 2.60. The number of nitrogens with zero attached hydrogens (tertiary/aromatic N) is 1. The summed E-state index contributed by atoms with van der Waals surface area (Å²) >= 11 is 0. The van der Waals surface area contributed by atoms with E-state index >= 15 is 0 Å². The number of carbonyl (C=O) groups is 2. The molecular formula is C17H26ClN3O2. The van der Waals surface area contributed by atoms with Crippen molar-refractivity contribution in [2.24, 2.45) is 5.92 Å². The minimum Gasteiger partial charge on any atom is -0.344 e. The first-order valence-corrected chi connectivity index (χ1v) is 7.90. The second-order valence-corrected chi connectivity index (χ2v) is 6.03. The van der Waals surface area contributed by atoms with E-state index in [2.05, 4.69) is 10.6 Å². The number of carbonyl (C=O) groups excluding carboxylic acids is 2. The minimum absolute atomic E-state index is 0. The van der Waals surface area contributed by atoms with E-state index in [1.807, 2.05) is 49.1 Å². The first-order chi connectivity index (χ1) is 10.6. The lowest BCUT2D eigenvalue weighted by molar-refractivity contribution is -0.138. The third-order valence-corrected chi connectivity index (χ3v) is 3.89. The summed E-state index contributed by atoms with van der Waals surface area (Å²) in [6.45, 7) is 6.97. The number of piperazine rings is 1. The van der Waals surface area contributed by atoms with Gasteiger partial charge >= 0.3 is 0 Å². The molecule has 0 saturated carbocycles. The van der Waals surface area contributed by atoms with Crippen LogP contribution in [0.3, 0.4) is 0 Å². The van der Waals surface area contributed by atoms with Gasteiger partial charge in [0.15, 0.2) is 0 Å². The molecule has 0 aliphatic carbocycles. The molecule has 1 aliphatic heterocycles. The molecule has 23 heavy (non-hydrogen) atoms. The molecule has 0 spiro atoms. The number of nitrogens with one attached hydrogen (secondary N) is 2. The van der Waals surface area contributed by atoms with Crippen LogP contribution in [-0.2, 0) is 16.0 Å². The summed E-state index contributed by atoms with van der Waals surface area (Å²) in [7, 11) is 0. The Kier molecular flexibility index (Phi) is 8.06. The number of hydrogen-bond acceptors (Lipinski definition) is 3. The molecule has 1 fully saturated rings. The summed E-state index contributed by atoms with van der Waals surface area (Å²) in [5, 5.41) is 6.14. The molecule has 128 valence electrons. The van der Waals surface area contributed by atoms with Crippen molar-refractivity contribution in [3.05, 3.63) is 35.9 Å². The Morgan fingerprint density at radius 2 is 1.78 bits per heavy atom. The van der Waals surface area contributed by atoms with E-state index in [0.29, 0.717) is 19.5 Å². The van der Waals surface area contributed by atoms with Crippen molar-refractivity contribution < 1.29 is 9.59 Å². The maximum atomic E-state index is 12.6. The molecule has 6 heteroatoms. The second-order valence-electron chi connectivity index (χ2n) is 6.03. The zero-order valence-corrected chi connectivity index (χ0v) is 14.6.